The molecular formula is C12H15N5OS. The van der Waals surface area contributed by atoms with Crippen LogP contribution in [0.2, 0.25) is 0 Å². The van der Waals surface area contributed by atoms with E-state index in [0.717, 1.165) is 11.3 Å². The van der Waals surface area contributed by atoms with E-state index in [1.807, 2.05) is 6.07 Å². The number of anilines is 1. The van der Waals surface area contributed by atoms with E-state index in [1.54, 1.807) is 23.5 Å². The van der Waals surface area contributed by atoms with Crippen LogP contribution in [-0.2, 0) is 13.0 Å². The summed E-state index contributed by atoms with van der Waals surface area (Å²) in [6, 6.07) is 7.27. The first-order chi connectivity index (χ1) is 9.22. The number of nitrogens with two attached hydrogens (primary N) is 1. The number of hydrogen-bond donors (Lipinski definition) is 3. The number of hydrazine groups is 1. The van der Waals surface area contributed by atoms with Crippen LogP contribution < -0.4 is 16.6 Å². The van der Waals surface area contributed by atoms with Crippen LogP contribution in [0.4, 0.5) is 5.82 Å². The summed E-state index contributed by atoms with van der Waals surface area (Å²) in [5.41, 5.74) is 2.63. The number of amides is 1. The summed E-state index contributed by atoms with van der Waals surface area (Å²) in [4.78, 5) is 14.3. The molecule has 2 heterocycles. The second kappa shape index (κ2) is 6.26. The van der Waals surface area contributed by atoms with Gasteiger partial charge in [-0.3, -0.25) is 4.79 Å². The number of hydrogen-bond acceptors (Lipinski definition) is 6. The fraction of sp³-hybridized carbons (Fsp3) is 0.250. The summed E-state index contributed by atoms with van der Waals surface area (Å²) < 4.78 is 0. The van der Waals surface area contributed by atoms with Crippen LogP contribution in [0.25, 0.3) is 0 Å². The van der Waals surface area contributed by atoms with Gasteiger partial charge in [0.05, 0.1) is 6.54 Å². The third-order valence-electron chi connectivity index (χ3n) is 2.53. The maximum absolute atomic E-state index is 11.8. The Morgan fingerprint density at radius 1 is 1.26 bits per heavy atom. The summed E-state index contributed by atoms with van der Waals surface area (Å²) in [6.45, 7) is 2.61. The Labute approximate surface area is 115 Å². The number of nitrogens with one attached hydrogen (secondary N) is 2. The standard InChI is InChI=1S/C12H15N5OS/c1-2-8-3-4-9(19-8)7-14-12(18)10-5-6-11(15-13)17-16-10/h3-6H,2,7,13H2,1H3,(H,14,18)(H,15,17). The van der Waals surface area contributed by atoms with Crippen LogP contribution >= 0.6 is 11.3 Å². The molecule has 0 aromatic carbocycles. The number of nitrogen functional groups attached to an aromatic ring is 1. The third kappa shape index (κ3) is 3.49. The van der Waals surface area contributed by atoms with Gasteiger partial charge < -0.3 is 10.7 Å². The molecule has 100 valence electrons. The van der Waals surface area contributed by atoms with E-state index >= 15 is 0 Å². The molecule has 4 N–H and O–H groups in total. The van der Waals surface area contributed by atoms with Crippen LogP contribution in [0.5, 0.6) is 0 Å². The molecule has 19 heavy (non-hydrogen) atoms. The van der Waals surface area contributed by atoms with Crippen LogP contribution in [-0.4, -0.2) is 16.1 Å². The molecular weight excluding hydrogens is 262 g/mol. The minimum Gasteiger partial charge on any atom is -0.346 e. The lowest BCUT2D eigenvalue weighted by atomic mass is 10.3. The number of aryl methyl sites for hydroxylation is 1. The minimum atomic E-state index is -0.248. The van der Waals surface area contributed by atoms with E-state index in [0.29, 0.717) is 12.4 Å². The maximum Gasteiger partial charge on any atom is 0.272 e. The van der Waals surface area contributed by atoms with Crippen molar-refractivity contribution in [1.82, 2.24) is 15.5 Å². The summed E-state index contributed by atoms with van der Waals surface area (Å²) in [7, 11) is 0. The van der Waals surface area contributed by atoms with Gasteiger partial charge in [0.2, 0.25) is 0 Å². The van der Waals surface area contributed by atoms with Crippen LogP contribution in [0, 0.1) is 0 Å². The first kappa shape index (κ1) is 13.4. The van der Waals surface area contributed by atoms with Crippen molar-refractivity contribution in [1.29, 1.82) is 0 Å². The Morgan fingerprint density at radius 2 is 2.05 bits per heavy atom. The first-order valence-corrected chi connectivity index (χ1v) is 6.70. The Morgan fingerprint density at radius 3 is 2.63 bits per heavy atom. The molecule has 0 aliphatic carbocycles. The topological polar surface area (TPSA) is 92.9 Å². The molecule has 6 nitrogen and oxygen atoms in total. The molecule has 2 aromatic rings. The van der Waals surface area contributed by atoms with Gasteiger partial charge in [-0.25, -0.2) is 5.84 Å². The normalized spacial score (nSPS) is 10.2. The monoisotopic (exact) mass is 277 g/mol. The Bertz CT molecular complexity index is 552. The Balaban J connectivity index is 1.93. The first-order valence-electron chi connectivity index (χ1n) is 5.89. The van der Waals surface area contributed by atoms with Gasteiger partial charge in [0, 0.05) is 9.75 Å². The molecule has 0 bridgehead atoms. The average molecular weight is 277 g/mol. The van der Waals surface area contributed by atoms with Gasteiger partial charge in [0.1, 0.15) is 0 Å². The van der Waals surface area contributed by atoms with Gasteiger partial charge in [-0.1, -0.05) is 6.92 Å². The van der Waals surface area contributed by atoms with Gasteiger partial charge >= 0.3 is 0 Å². The zero-order chi connectivity index (χ0) is 13.7. The number of thiophene rings is 1. The van der Waals surface area contributed by atoms with Gasteiger partial charge in [0.15, 0.2) is 11.5 Å². The molecule has 0 saturated carbocycles. The summed E-state index contributed by atoms with van der Waals surface area (Å²) >= 11 is 1.70. The van der Waals surface area contributed by atoms with Gasteiger partial charge in [-0.2, -0.15) is 0 Å². The number of nitrogens with zero attached hydrogens (tertiary/aromatic N) is 2. The Kier molecular flexibility index (Phi) is 4.43. The zero-order valence-corrected chi connectivity index (χ0v) is 11.3. The molecule has 0 aliphatic heterocycles. The second-order valence-corrected chi connectivity index (χ2v) is 5.11. The largest absolute Gasteiger partial charge is 0.346 e. The highest BCUT2D eigenvalue weighted by Crippen LogP contribution is 2.16. The summed E-state index contributed by atoms with van der Waals surface area (Å²) in [6.07, 6.45) is 1.01. The van der Waals surface area contributed by atoms with E-state index in [9.17, 15) is 4.79 Å². The van der Waals surface area contributed by atoms with E-state index < -0.39 is 0 Å². The predicted octanol–water partition coefficient (Wildman–Crippen LogP) is 1.32. The fourth-order valence-electron chi connectivity index (χ4n) is 1.50. The van der Waals surface area contributed by atoms with Crippen molar-refractivity contribution in [2.75, 3.05) is 5.43 Å². The van der Waals surface area contributed by atoms with Crippen LogP contribution in [0.3, 0.4) is 0 Å². The summed E-state index contributed by atoms with van der Waals surface area (Å²) in [5.74, 6) is 5.35. The van der Waals surface area contributed by atoms with Crippen molar-refractivity contribution < 1.29 is 4.79 Å². The molecule has 0 unspecified atom stereocenters. The SMILES string of the molecule is CCc1ccc(CNC(=O)c2ccc(NN)nn2)s1. The van der Waals surface area contributed by atoms with Crippen LogP contribution in [0.15, 0.2) is 24.3 Å². The molecule has 0 saturated heterocycles. The quantitative estimate of drug-likeness (QED) is 0.566. The molecule has 7 heteroatoms. The zero-order valence-electron chi connectivity index (χ0n) is 10.5. The molecule has 2 rings (SSSR count). The lowest BCUT2D eigenvalue weighted by Crippen LogP contribution is -2.24. The molecule has 2 aromatic heterocycles. The maximum atomic E-state index is 11.8. The number of carbonyl (C=O) groups excluding carboxylic acids is 1. The van der Waals surface area contributed by atoms with Crippen molar-refractivity contribution >= 4 is 23.1 Å². The van der Waals surface area contributed by atoms with Crippen molar-refractivity contribution in [3.63, 3.8) is 0 Å². The highest BCUT2D eigenvalue weighted by atomic mass is 32.1. The van der Waals surface area contributed by atoms with Crippen molar-refractivity contribution in [3.8, 4) is 0 Å². The molecule has 0 aliphatic rings. The highest BCUT2D eigenvalue weighted by Gasteiger charge is 2.08. The third-order valence-corrected chi connectivity index (χ3v) is 3.76. The van der Waals surface area contributed by atoms with Gasteiger partial charge in [-0.05, 0) is 30.7 Å². The van der Waals surface area contributed by atoms with Crippen molar-refractivity contribution in [2.24, 2.45) is 5.84 Å². The van der Waals surface area contributed by atoms with Gasteiger partial charge in [0.25, 0.3) is 5.91 Å². The molecule has 0 atom stereocenters. The number of aromatic nitrogens is 2. The van der Waals surface area contributed by atoms with E-state index in [4.69, 9.17) is 5.84 Å². The predicted molar refractivity (Wildman–Crippen MR) is 74.7 cm³/mol. The highest BCUT2D eigenvalue weighted by molar-refractivity contribution is 7.11. The molecule has 0 fully saturated rings. The Hall–Kier alpha value is -1.99. The second-order valence-electron chi connectivity index (χ2n) is 3.85. The van der Waals surface area contributed by atoms with Crippen LogP contribution in [0.1, 0.15) is 27.2 Å². The van der Waals surface area contributed by atoms with Crippen molar-refractivity contribution in [3.05, 3.63) is 39.7 Å². The fourth-order valence-corrected chi connectivity index (χ4v) is 2.39. The van der Waals surface area contributed by atoms with E-state index in [-0.39, 0.29) is 11.6 Å². The number of carbonyl (C=O) groups is 1. The minimum absolute atomic E-state index is 0.248. The lowest BCUT2D eigenvalue weighted by molar-refractivity contribution is 0.0945. The summed E-state index contributed by atoms with van der Waals surface area (Å²) in [5, 5.41) is 10.3. The van der Waals surface area contributed by atoms with E-state index in [2.05, 4.69) is 33.9 Å². The van der Waals surface area contributed by atoms with Crippen molar-refractivity contribution in [2.45, 2.75) is 19.9 Å². The molecule has 1 amide bonds. The molecule has 0 radical (unpaired) electrons. The van der Waals surface area contributed by atoms with E-state index in [1.165, 1.54) is 4.88 Å². The molecule has 0 spiro atoms. The van der Waals surface area contributed by atoms with Gasteiger partial charge in [-0.15, -0.1) is 21.5 Å². The lowest BCUT2D eigenvalue weighted by Gasteiger charge is -2.03. The number of rotatable bonds is 5. The smallest absolute Gasteiger partial charge is 0.272 e. The average Bonchev–Trinajstić information content (AvgIpc) is 2.93.